The van der Waals surface area contributed by atoms with Gasteiger partial charge < -0.3 is 15.2 Å². The zero-order valence-electron chi connectivity index (χ0n) is 16.6. The van der Waals surface area contributed by atoms with Gasteiger partial charge in [-0.3, -0.25) is 4.79 Å². The Hall–Kier alpha value is -2.42. The average Bonchev–Trinajstić information content (AvgIpc) is 3.20. The number of hydrogen-bond acceptors (Lipinski definition) is 5. The van der Waals surface area contributed by atoms with E-state index in [0.717, 1.165) is 23.3 Å². The minimum atomic E-state index is -3.56. The minimum Gasteiger partial charge on any atom is -0.493 e. The van der Waals surface area contributed by atoms with Gasteiger partial charge in [-0.1, -0.05) is 19.9 Å². The average molecular weight is 419 g/mol. The van der Waals surface area contributed by atoms with Gasteiger partial charge in [-0.2, -0.15) is 4.31 Å². The topological polar surface area (TPSA) is 95.9 Å². The Kier molecular flexibility index (Phi) is 6.56. The van der Waals surface area contributed by atoms with E-state index in [1.165, 1.54) is 28.6 Å². The molecule has 0 bridgehead atoms. The van der Waals surface area contributed by atoms with E-state index in [1.54, 1.807) is 19.9 Å². The molecule has 0 aliphatic carbocycles. The van der Waals surface area contributed by atoms with E-state index in [1.807, 2.05) is 12.1 Å². The van der Waals surface area contributed by atoms with Crippen LogP contribution in [-0.4, -0.2) is 50.0 Å². The number of sulfonamides is 1. The lowest BCUT2D eigenvalue weighted by Crippen LogP contribution is -2.31. The van der Waals surface area contributed by atoms with Gasteiger partial charge in [-0.25, -0.2) is 8.42 Å². The fourth-order valence-corrected chi connectivity index (χ4v) is 4.77. The van der Waals surface area contributed by atoms with Crippen LogP contribution < -0.4 is 10.1 Å². The zero-order valence-corrected chi connectivity index (χ0v) is 17.4. The van der Waals surface area contributed by atoms with Gasteiger partial charge in [0.1, 0.15) is 5.75 Å². The highest BCUT2D eigenvalue weighted by molar-refractivity contribution is 7.89. The van der Waals surface area contributed by atoms with E-state index in [0.29, 0.717) is 25.3 Å². The number of carbonyl (C=O) groups is 1. The Morgan fingerprint density at radius 3 is 2.52 bits per heavy atom. The molecule has 0 spiro atoms. The number of nitrogens with one attached hydrogen (secondary N) is 1. The molecule has 1 heterocycles. The van der Waals surface area contributed by atoms with Crippen LogP contribution in [0.2, 0.25) is 0 Å². The van der Waals surface area contributed by atoms with Gasteiger partial charge in [0, 0.05) is 31.6 Å². The zero-order chi connectivity index (χ0) is 21.0. The molecule has 0 fully saturated rings. The smallest absolute Gasteiger partial charge is 0.251 e. The van der Waals surface area contributed by atoms with E-state index >= 15 is 0 Å². The summed E-state index contributed by atoms with van der Waals surface area (Å²) in [6.45, 7) is 5.02. The molecule has 2 aromatic rings. The van der Waals surface area contributed by atoms with Gasteiger partial charge in [0.05, 0.1) is 17.6 Å². The predicted molar refractivity (Wildman–Crippen MR) is 109 cm³/mol. The van der Waals surface area contributed by atoms with Crippen LogP contribution >= 0.6 is 0 Å². The molecule has 1 atom stereocenters. The standard InChI is InChI=1S/C21H26N2O5S/c1-3-23(4-2)29(26,27)18-8-5-15(6-9-18)21(25)22-14-19(24)16-7-10-20-17(13-16)11-12-28-20/h5-10,13,19,24H,3-4,11-12,14H2,1-2H3,(H,22,25). The number of hydrogen-bond donors (Lipinski definition) is 2. The summed E-state index contributed by atoms with van der Waals surface area (Å²) in [6, 6.07) is 11.3. The molecule has 1 unspecified atom stereocenters. The highest BCUT2D eigenvalue weighted by Gasteiger charge is 2.22. The molecule has 8 heteroatoms. The first-order valence-corrected chi connectivity index (χ1v) is 11.1. The quantitative estimate of drug-likeness (QED) is 0.685. The van der Waals surface area contributed by atoms with Crippen LogP contribution in [0.25, 0.3) is 0 Å². The lowest BCUT2D eigenvalue weighted by atomic mass is 10.0. The normalized spacial score (nSPS) is 14.3. The molecule has 2 N–H and O–H groups in total. The van der Waals surface area contributed by atoms with Gasteiger partial charge in [0.2, 0.25) is 10.0 Å². The Labute approximate surface area is 171 Å². The maximum absolute atomic E-state index is 12.5. The summed E-state index contributed by atoms with van der Waals surface area (Å²) >= 11 is 0. The SMILES string of the molecule is CCN(CC)S(=O)(=O)c1ccc(C(=O)NCC(O)c2ccc3c(c2)CCO3)cc1. The van der Waals surface area contributed by atoms with Crippen LogP contribution in [0, 0.1) is 0 Å². The molecule has 0 radical (unpaired) electrons. The van der Waals surface area contributed by atoms with Gasteiger partial charge >= 0.3 is 0 Å². The number of nitrogens with zero attached hydrogens (tertiary/aromatic N) is 1. The first-order valence-electron chi connectivity index (χ1n) is 9.69. The van der Waals surface area contributed by atoms with Crippen molar-refractivity contribution in [2.45, 2.75) is 31.3 Å². The molecule has 7 nitrogen and oxygen atoms in total. The Bertz CT molecular complexity index is 969. The van der Waals surface area contributed by atoms with E-state index in [9.17, 15) is 18.3 Å². The summed E-state index contributed by atoms with van der Waals surface area (Å²) < 4.78 is 31.8. The maximum Gasteiger partial charge on any atom is 0.251 e. The molecule has 156 valence electrons. The molecule has 0 saturated carbocycles. The van der Waals surface area contributed by atoms with Crippen LogP contribution in [0.3, 0.4) is 0 Å². The Balaban J connectivity index is 1.62. The first kappa shape index (κ1) is 21.3. The number of ether oxygens (including phenoxy) is 1. The molecule has 29 heavy (non-hydrogen) atoms. The third-order valence-corrected chi connectivity index (χ3v) is 7.08. The second-order valence-electron chi connectivity index (χ2n) is 6.81. The number of carbonyl (C=O) groups excluding carboxylic acids is 1. The van der Waals surface area contributed by atoms with Gasteiger partial charge in [0.15, 0.2) is 0 Å². The lowest BCUT2D eigenvalue weighted by molar-refractivity contribution is 0.0916. The van der Waals surface area contributed by atoms with E-state index in [4.69, 9.17) is 4.74 Å². The van der Waals surface area contributed by atoms with Crippen molar-refractivity contribution in [1.82, 2.24) is 9.62 Å². The van der Waals surface area contributed by atoms with Gasteiger partial charge in [0.25, 0.3) is 5.91 Å². The third-order valence-electron chi connectivity index (χ3n) is 5.01. The summed E-state index contributed by atoms with van der Waals surface area (Å²) in [5.74, 6) is 0.463. The lowest BCUT2D eigenvalue weighted by Gasteiger charge is -2.18. The van der Waals surface area contributed by atoms with Crippen molar-refractivity contribution >= 4 is 15.9 Å². The summed E-state index contributed by atoms with van der Waals surface area (Å²) in [5.41, 5.74) is 2.10. The van der Waals surface area contributed by atoms with Crippen LogP contribution in [0.5, 0.6) is 5.75 Å². The van der Waals surface area contributed by atoms with Crippen LogP contribution in [0.15, 0.2) is 47.4 Å². The molecule has 0 saturated heterocycles. The largest absolute Gasteiger partial charge is 0.493 e. The van der Waals surface area contributed by atoms with Crippen molar-refractivity contribution in [3.05, 3.63) is 59.2 Å². The molecule has 0 aromatic heterocycles. The van der Waals surface area contributed by atoms with Crippen LogP contribution in [-0.2, 0) is 16.4 Å². The number of amides is 1. The van der Waals surface area contributed by atoms with E-state index < -0.39 is 16.1 Å². The molecule has 1 aliphatic rings. The van der Waals surface area contributed by atoms with Crippen molar-refractivity contribution in [3.8, 4) is 5.75 Å². The summed E-state index contributed by atoms with van der Waals surface area (Å²) in [6.07, 6.45) is -0.0301. The molecular formula is C21H26N2O5S. The van der Waals surface area contributed by atoms with E-state index in [2.05, 4.69) is 5.32 Å². The summed E-state index contributed by atoms with van der Waals surface area (Å²) in [4.78, 5) is 12.5. The molecule has 1 aliphatic heterocycles. The van der Waals surface area contributed by atoms with Crippen LogP contribution in [0.4, 0.5) is 0 Å². The number of benzene rings is 2. The predicted octanol–water partition coefficient (Wildman–Crippen LogP) is 2.12. The highest BCUT2D eigenvalue weighted by atomic mass is 32.2. The molecule has 1 amide bonds. The minimum absolute atomic E-state index is 0.0535. The summed E-state index contributed by atoms with van der Waals surface area (Å²) in [7, 11) is -3.56. The van der Waals surface area contributed by atoms with Crippen molar-refractivity contribution < 1.29 is 23.1 Å². The van der Waals surface area contributed by atoms with Crippen LogP contribution in [0.1, 0.15) is 41.4 Å². The molecule has 3 rings (SSSR count). The van der Waals surface area contributed by atoms with Gasteiger partial charge in [-0.15, -0.1) is 0 Å². The second kappa shape index (κ2) is 8.94. The first-order chi connectivity index (χ1) is 13.9. The summed E-state index contributed by atoms with van der Waals surface area (Å²) in [5, 5.41) is 13.1. The van der Waals surface area contributed by atoms with Gasteiger partial charge in [-0.05, 0) is 47.5 Å². The second-order valence-corrected chi connectivity index (χ2v) is 8.74. The van der Waals surface area contributed by atoms with Crippen molar-refractivity contribution in [2.24, 2.45) is 0 Å². The number of aliphatic hydroxyl groups excluding tert-OH is 1. The van der Waals surface area contributed by atoms with Crippen molar-refractivity contribution in [1.29, 1.82) is 0 Å². The fraction of sp³-hybridized carbons (Fsp3) is 0.381. The Morgan fingerprint density at radius 1 is 1.17 bits per heavy atom. The fourth-order valence-electron chi connectivity index (χ4n) is 3.31. The van der Waals surface area contributed by atoms with Crippen molar-refractivity contribution in [2.75, 3.05) is 26.2 Å². The monoisotopic (exact) mass is 418 g/mol. The molecule has 2 aromatic carbocycles. The number of aliphatic hydroxyl groups is 1. The maximum atomic E-state index is 12.5. The van der Waals surface area contributed by atoms with E-state index in [-0.39, 0.29) is 17.3 Å². The number of rotatable bonds is 8. The highest BCUT2D eigenvalue weighted by Crippen LogP contribution is 2.28. The third kappa shape index (κ3) is 4.60. The number of fused-ring (bicyclic) bond motifs is 1. The Morgan fingerprint density at radius 2 is 1.86 bits per heavy atom. The van der Waals surface area contributed by atoms with Crippen molar-refractivity contribution in [3.63, 3.8) is 0 Å². The molecular weight excluding hydrogens is 392 g/mol.